The molecule has 4 fully saturated rings. The van der Waals surface area contributed by atoms with Crippen molar-refractivity contribution in [3.63, 3.8) is 0 Å². The van der Waals surface area contributed by atoms with E-state index in [1.807, 2.05) is 57.0 Å². The summed E-state index contributed by atoms with van der Waals surface area (Å²) < 4.78 is 181. The second-order valence-corrected chi connectivity index (χ2v) is 39.3. The van der Waals surface area contributed by atoms with Crippen LogP contribution in [0, 0.1) is 74.2 Å². The van der Waals surface area contributed by atoms with Gasteiger partial charge >= 0.3 is 0 Å². The Bertz CT molecular complexity index is 7490. The highest BCUT2D eigenvalue weighted by atomic mass is 19.3. The molecule has 0 bridgehead atoms. The van der Waals surface area contributed by atoms with E-state index in [0.29, 0.717) is 113 Å². The minimum absolute atomic E-state index is 0.0122. The van der Waals surface area contributed by atoms with Crippen LogP contribution in [0.1, 0.15) is 144 Å². The van der Waals surface area contributed by atoms with E-state index >= 15 is 8.78 Å². The Morgan fingerprint density at radius 2 is 0.646 bits per heavy atom. The number of aliphatic hydroxyl groups is 1. The lowest BCUT2D eigenvalue weighted by atomic mass is 9.87. The summed E-state index contributed by atoms with van der Waals surface area (Å²) in [6, 6.07) is 26.2. The molecule has 24 rings (SSSR count). The Balaban J connectivity index is 0.000000115. The Hall–Kier alpha value is -14.2. The van der Waals surface area contributed by atoms with Crippen LogP contribution in [-0.4, -0.2) is 228 Å². The third-order valence-electron chi connectivity index (χ3n) is 28.3. The van der Waals surface area contributed by atoms with Crippen LogP contribution in [0.5, 0.6) is 0 Å². The largest absolute Gasteiger partial charge is 0.393 e. The van der Waals surface area contributed by atoms with Gasteiger partial charge in [-0.2, -0.15) is 0 Å². The van der Waals surface area contributed by atoms with Crippen LogP contribution in [-0.2, 0) is 51.9 Å². The summed E-state index contributed by atoms with van der Waals surface area (Å²) in [5.74, 6) is -2.79. The predicted molar refractivity (Wildman–Crippen MR) is 531 cm³/mol. The van der Waals surface area contributed by atoms with Crippen LogP contribution in [0.4, 0.5) is 99.7 Å². The number of aliphatic hydroxyl groups excluding tert-OH is 1. The first-order valence-corrected chi connectivity index (χ1v) is 49.1. The van der Waals surface area contributed by atoms with Gasteiger partial charge in [0.05, 0.1) is 53.0 Å². The van der Waals surface area contributed by atoms with E-state index < -0.39 is 70.8 Å². The number of halogens is 12. The maximum absolute atomic E-state index is 15.1. The van der Waals surface area contributed by atoms with Gasteiger partial charge in [0.2, 0.25) is 23.8 Å². The standard InChI is InChI=1S/C28H31F3N8.C28H32F2N8O.C24H21F4N7.C24H22F3N7/c1-16-33-27-21(30)10-18(11-24(27)39(16)20-12-19(29)13-20)26-22(31)14-32-28(36-26)35-25-5-4-17-15-38(9-8-37(2)3)7-6-23(17)34-25;1-16-32-27-21(29)10-18(11-24(27)38(16)19-12-20(39)13-19)26-22(30)14-31-28(35-26)34-25-5-4-17-15-37(9-8-36(2)3)7-6-23(17)33-25;1-12-31-22-16(25)6-14(7-19(22)35(12)15-8-24(27,28)9-15)21-17(26)11-30-23(34-21)33-20-3-2-13-10-29-5-4-18(13)32-20;1-12-30-23-17(26)6-14(7-20(23)34(12)16-8-15(25)9-16)22-18(27)11-29-24(33-22)32-21-3-2-13-10-28-5-4-19(13)31-21/h4-5,10-11,14,19-20H,6-9,12-13,15H2,1-3H3,(H,32,34,35,36);4-5,10-11,14,19-20,39H,6-9,12-13,15H2,1-3H3,(H,31,33,34,35);2-3,6-7,11,15,29H,4-5,8-10H2,1H3,(H,30,32,33,34);2-3,6-7,11,15-16,28H,4-5,8-10H2,1H3,(H,29,31,32,33). The number of fused-ring (bicyclic) bond motifs is 8. The van der Waals surface area contributed by atoms with Gasteiger partial charge in [-0.3, -0.25) is 9.80 Å². The van der Waals surface area contributed by atoms with Crippen molar-refractivity contribution in [2.45, 2.75) is 179 Å². The molecule has 4 saturated carbocycles. The summed E-state index contributed by atoms with van der Waals surface area (Å²) in [5, 5.41) is 28.5. The van der Waals surface area contributed by atoms with E-state index in [9.17, 15) is 49.0 Å². The number of aromatic nitrogens is 20. The molecule has 43 heteroatoms. The zero-order valence-corrected chi connectivity index (χ0v) is 81.8. The number of aryl methyl sites for hydroxylation is 4. The molecular weight excluding hydrogens is 1910 g/mol. The van der Waals surface area contributed by atoms with Gasteiger partial charge in [-0.05, 0) is 189 Å². The van der Waals surface area contributed by atoms with Crippen LogP contribution < -0.4 is 31.9 Å². The molecule has 147 heavy (non-hydrogen) atoms. The number of alkyl halides is 4. The van der Waals surface area contributed by atoms with E-state index in [4.69, 9.17) is 9.97 Å². The number of anilines is 8. The van der Waals surface area contributed by atoms with Gasteiger partial charge < -0.3 is 65.1 Å². The number of pyridine rings is 4. The topological polar surface area (TPSA) is 331 Å². The highest BCUT2D eigenvalue weighted by Gasteiger charge is 2.48. The Kier molecular flexibility index (Phi) is 27.5. The third-order valence-corrected chi connectivity index (χ3v) is 28.3. The molecule has 16 heterocycles. The van der Waals surface area contributed by atoms with Crippen molar-refractivity contribution in [2.24, 2.45) is 0 Å². The monoisotopic (exact) mass is 2020 g/mol. The van der Waals surface area contributed by atoms with Crippen molar-refractivity contribution in [3.05, 3.63) is 237 Å². The van der Waals surface area contributed by atoms with Crippen molar-refractivity contribution in [2.75, 3.05) is 102 Å². The summed E-state index contributed by atoms with van der Waals surface area (Å²) in [6.07, 6.45) is 7.30. The van der Waals surface area contributed by atoms with Gasteiger partial charge in [0, 0.05) is 186 Å². The zero-order chi connectivity index (χ0) is 102. The molecule has 0 unspecified atom stereocenters. The number of imidazole rings is 4. The molecule has 0 spiro atoms. The number of nitrogens with one attached hydrogen (secondary N) is 6. The molecule has 4 aliphatic carbocycles. The van der Waals surface area contributed by atoms with Crippen molar-refractivity contribution in [3.8, 4) is 45.0 Å². The highest BCUT2D eigenvalue weighted by molar-refractivity contribution is 5.87. The van der Waals surface area contributed by atoms with E-state index in [1.165, 1.54) is 35.4 Å². The summed E-state index contributed by atoms with van der Waals surface area (Å²) in [7, 11) is 8.30. The summed E-state index contributed by atoms with van der Waals surface area (Å²) in [5.41, 5.74) is 12.0. The number of nitrogens with zero attached hydrogens (tertiary/aromatic N) is 24. The van der Waals surface area contributed by atoms with Crippen LogP contribution in [0.15, 0.2) is 122 Å². The number of rotatable bonds is 22. The SMILES string of the molecule is Cc1nc2c(F)cc(-c3nc(Nc4ccc5c(n4)CCN(CCN(C)C)C5)ncc3F)cc2n1C1CC(F)C1.Cc1nc2c(F)cc(-c3nc(Nc4ccc5c(n4)CCN(CCN(C)C)C5)ncc3F)cc2n1C1CC(O)C1.Cc1nc2c(F)cc(-c3nc(Nc4ccc5c(n4)CCNC5)ncc3F)cc2n1C1CC(F)(F)C1.Cc1nc2c(F)cc(-c3nc(Nc4ccc5c(n4)CCNC5)ncc3F)cc2n1C1CC(F)C1. The first-order chi connectivity index (χ1) is 70.7. The van der Waals surface area contributed by atoms with Gasteiger partial charge in [-0.25, -0.2) is 132 Å². The molecule has 8 aliphatic rings. The summed E-state index contributed by atoms with van der Waals surface area (Å²) >= 11 is 0. The fourth-order valence-electron chi connectivity index (χ4n) is 20.5. The zero-order valence-electron chi connectivity index (χ0n) is 81.8. The van der Waals surface area contributed by atoms with E-state index in [0.717, 1.165) is 169 Å². The average Bonchev–Trinajstić information content (AvgIpc) is 1.60. The number of hydrogen-bond acceptors (Lipinski definition) is 27. The number of benzene rings is 4. The van der Waals surface area contributed by atoms with Crippen molar-refractivity contribution in [1.29, 1.82) is 0 Å². The molecule has 4 aliphatic heterocycles. The molecule has 31 nitrogen and oxygen atoms in total. The molecule has 762 valence electrons. The van der Waals surface area contributed by atoms with Crippen LogP contribution in [0.25, 0.3) is 89.2 Å². The molecular formula is C104H106F12N30O. The Morgan fingerprint density at radius 1 is 0.361 bits per heavy atom. The number of likely N-dealkylation sites (N-methyl/N-ethyl adjacent to an activating group) is 2. The van der Waals surface area contributed by atoms with Gasteiger partial charge in [-0.15, -0.1) is 0 Å². The molecule has 0 saturated heterocycles. The van der Waals surface area contributed by atoms with Crippen LogP contribution >= 0.6 is 0 Å². The van der Waals surface area contributed by atoms with Crippen molar-refractivity contribution < 1.29 is 57.8 Å². The summed E-state index contributed by atoms with van der Waals surface area (Å²) in [6.45, 7) is 17.8. The Labute approximate surface area is 836 Å². The fraction of sp³-hybridized carbons (Fsp3) is 0.385. The predicted octanol–water partition coefficient (Wildman–Crippen LogP) is 18.0. The lowest BCUT2D eigenvalue weighted by Gasteiger charge is -2.36. The quantitative estimate of drug-likeness (QED) is 0.0310. The Morgan fingerprint density at radius 3 is 0.932 bits per heavy atom. The maximum Gasteiger partial charge on any atom is 0.252 e. The fourth-order valence-corrected chi connectivity index (χ4v) is 20.5. The molecule has 7 N–H and O–H groups in total. The van der Waals surface area contributed by atoms with Crippen LogP contribution in [0.3, 0.4) is 0 Å². The van der Waals surface area contributed by atoms with E-state index in [1.54, 1.807) is 49.6 Å². The highest BCUT2D eigenvalue weighted by Crippen LogP contribution is 2.49. The minimum Gasteiger partial charge on any atom is -0.393 e. The van der Waals surface area contributed by atoms with E-state index in [-0.39, 0.29) is 122 Å². The second-order valence-electron chi connectivity index (χ2n) is 39.3. The first kappa shape index (κ1) is 98.8. The lowest BCUT2D eigenvalue weighted by molar-refractivity contribution is -0.103. The smallest absolute Gasteiger partial charge is 0.252 e. The third kappa shape index (κ3) is 20.9. The first-order valence-electron chi connectivity index (χ1n) is 49.1. The second kappa shape index (κ2) is 40.9. The summed E-state index contributed by atoms with van der Waals surface area (Å²) in [4.78, 5) is 78.7. The molecule has 12 aromatic heterocycles. The van der Waals surface area contributed by atoms with Gasteiger partial charge in [0.25, 0.3) is 5.92 Å². The number of hydrogen-bond donors (Lipinski definition) is 7. The van der Waals surface area contributed by atoms with Crippen LogP contribution in [0.2, 0.25) is 0 Å². The minimum atomic E-state index is -2.75. The van der Waals surface area contributed by atoms with Gasteiger partial charge in [0.15, 0.2) is 46.5 Å². The average molecular weight is 2020 g/mol. The van der Waals surface area contributed by atoms with E-state index in [2.05, 4.69) is 156 Å². The molecule has 0 atom stereocenters. The molecule has 4 aromatic carbocycles. The van der Waals surface area contributed by atoms with Gasteiger partial charge in [-0.1, -0.05) is 24.3 Å². The lowest BCUT2D eigenvalue weighted by Crippen LogP contribution is -2.37. The normalized spacial score (nSPS) is 18.9. The molecule has 0 radical (unpaired) electrons. The molecule has 16 aromatic rings. The van der Waals surface area contributed by atoms with Crippen molar-refractivity contribution >= 4 is 91.2 Å². The molecule has 0 amide bonds. The van der Waals surface area contributed by atoms with Crippen molar-refractivity contribution in [1.82, 2.24) is 128 Å². The van der Waals surface area contributed by atoms with Gasteiger partial charge in [0.1, 0.15) is 104 Å². The maximum atomic E-state index is 15.1.